The monoisotopic (exact) mass is 327 g/mol. The predicted molar refractivity (Wildman–Crippen MR) is 77.6 cm³/mol. The molecule has 0 aliphatic heterocycles. The Bertz CT molecular complexity index is 733. The van der Waals surface area contributed by atoms with E-state index in [2.05, 4.69) is 14.7 Å². The topological polar surface area (TPSA) is 81.2 Å². The maximum absolute atomic E-state index is 12.6. The summed E-state index contributed by atoms with van der Waals surface area (Å²) in [5.74, 6) is -1.63. The van der Waals surface area contributed by atoms with Crippen LogP contribution in [0.5, 0.6) is 0 Å². The molecule has 1 heterocycles. The molecule has 0 bridgehead atoms. The quantitative estimate of drug-likeness (QED) is 0.885. The molecule has 0 unspecified atom stereocenters. The number of nitrogens with two attached hydrogens (primary N) is 1. The number of halogens is 3. The fourth-order valence-electron chi connectivity index (χ4n) is 2.79. The van der Waals surface area contributed by atoms with Crippen molar-refractivity contribution in [3.8, 4) is 0 Å². The van der Waals surface area contributed by atoms with E-state index in [9.17, 15) is 18.0 Å². The lowest BCUT2D eigenvalue weighted by Gasteiger charge is -2.31. The fraction of sp³-hybridized carbons (Fsp3) is 0.467. The summed E-state index contributed by atoms with van der Waals surface area (Å²) in [5.41, 5.74) is 5.60. The van der Waals surface area contributed by atoms with Crippen LogP contribution in [0.25, 0.3) is 11.1 Å². The third kappa shape index (κ3) is 3.17. The lowest BCUT2D eigenvalue weighted by molar-refractivity contribution is -0.156. The van der Waals surface area contributed by atoms with Crippen LogP contribution in [0.3, 0.4) is 0 Å². The lowest BCUT2D eigenvalue weighted by atomic mass is 9.82. The van der Waals surface area contributed by atoms with Crippen molar-refractivity contribution in [2.45, 2.75) is 43.8 Å². The van der Waals surface area contributed by atoms with Crippen LogP contribution >= 0.6 is 0 Å². The van der Waals surface area contributed by atoms with Gasteiger partial charge in [0.05, 0.1) is 5.54 Å². The Morgan fingerprint density at radius 3 is 2.61 bits per heavy atom. The van der Waals surface area contributed by atoms with Gasteiger partial charge in [0.15, 0.2) is 5.58 Å². The normalized spacial score (nSPS) is 18.1. The van der Waals surface area contributed by atoms with Crippen molar-refractivity contribution in [3.63, 3.8) is 0 Å². The molecule has 3 rings (SSSR count). The second kappa shape index (κ2) is 5.52. The number of rotatable bonds is 2. The van der Waals surface area contributed by atoms with Gasteiger partial charge in [-0.05, 0) is 31.0 Å². The number of alkyl halides is 3. The molecule has 1 fully saturated rings. The number of carbonyl (C=O) groups excluding carboxylic acids is 1. The number of hydrogen-bond donors (Lipinski definition) is 2. The zero-order valence-corrected chi connectivity index (χ0v) is 12.2. The zero-order valence-electron chi connectivity index (χ0n) is 12.2. The fourth-order valence-corrected chi connectivity index (χ4v) is 2.79. The predicted octanol–water partition coefficient (Wildman–Crippen LogP) is 3.45. The Hall–Kier alpha value is -2.09. The SMILES string of the molecule is NC1(C(=O)Nc2ccc3oc(C(F)(F)F)nc3c2)CCCCC1. The molecule has 5 nitrogen and oxygen atoms in total. The Kier molecular flexibility index (Phi) is 3.79. The number of carbonyl (C=O) groups is 1. The van der Waals surface area contributed by atoms with Crippen LogP contribution in [0.2, 0.25) is 0 Å². The standard InChI is InChI=1S/C15H16F3N3O2/c16-15(17,18)13-21-10-8-9(4-5-11(10)23-13)20-12(22)14(19)6-2-1-3-7-14/h4-5,8H,1-3,6-7,19H2,(H,20,22). The van der Waals surface area contributed by atoms with E-state index < -0.39 is 17.6 Å². The zero-order chi connectivity index (χ0) is 16.7. The van der Waals surface area contributed by atoms with Crippen LogP contribution < -0.4 is 11.1 Å². The van der Waals surface area contributed by atoms with Gasteiger partial charge in [0.1, 0.15) is 5.52 Å². The van der Waals surface area contributed by atoms with Gasteiger partial charge in [-0.25, -0.2) is 4.98 Å². The second-order valence-electron chi connectivity index (χ2n) is 5.87. The maximum Gasteiger partial charge on any atom is 0.468 e. The van der Waals surface area contributed by atoms with Crippen LogP contribution in [0.15, 0.2) is 22.6 Å². The van der Waals surface area contributed by atoms with Crippen molar-refractivity contribution in [1.82, 2.24) is 4.98 Å². The summed E-state index contributed by atoms with van der Waals surface area (Å²) in [6, 6.07) is 4.16. The molecule has 0 atom stereocenters. The van der Waals surface area contributed by atoms with Gasteiger partial charge in [-0.2, -0.15) is 13.2 Å². The highest BCUT2D eigenvalue weighted by Gasteiger charge is 2.38. The summed E-state index contributed by atoms with van der Waals surface area (Å²) < 4.78 is 42.4. The molecule has 3 N–H and O–H groups in total. The van der Waals surface area contributed by atoms with Crippen molar-refractivity contribution in [2.75, 3.05) is 5.32 Å². The van der Waals surface area contributed by atoms with E-state index in [4.69, 9.17) is 5.73 Å². The van der Waals surface area contributed by atoms with Gasteiger partial charge < -0.3 is 15.5 Å². The van der Waals surface area contributed by atoms with E-state index in [1.54, 1.807) is 0 Å². The van der Waals surface area contributed by atoms with E-state index >= 15 is 0 Å². The van der Waals surface area contributed by atoms with E-state index in [1.807, 2.05) is 0 Å². The Balaban J connectivity index is 1.82. The molecule has 124 valence electrons. The number of fused-ring (bicyclic) bond motifs is 1. The molecule has 0 radical (unpaired) electrons. The molecule has 2 aromatic rings. The van der Waals surface area contributed by atoms with Crippen molar-refractivity contribution in [2.24, 2.45) is 5.73 Å². The Morgan fingerprint density at radius 1 is 1.26 bits per heavy atom. The summed E-state index contributed by atoms with van der Waals surface area (Å²) >= 11 is 0. The van der Waals surface area contributed by atoms with Gasteiger partial charge in [0.2, 0.25) is 5.91 Å². The van der Waals surface area contributed by atoms with Crippen molar-refractivity contribution in [1.29, 1.82) is 0 Å². The molecule has 23 heavy (non-hydrogen) atoms. The average Bonchev–Trinajstić information content (AvgIpc) is 2.91. The summed E-state index contributed by atoms with van der Waals surface area (Å²) in [4.78, 5) is 15.7. The smallest absolute Gasteiger partial charge is 0.433 e. The van der Waals surface area contributed by atoms with Gasteiger partial charge in [-0.3, -0.25) is 4.79 Å². The van der Waals surface area contributed by atoms with Gasteiger partial charge in [0, 0.05) is 5.69 Å². The molecule has 1 saturated carbocycles. The van der Waals surface area contributed by atoms with Crippen molar-refractivity contribution < 1.29 is 22.4 Å². The first-order valence-electron chi connectivity index (χ1n) is 7.36. The van der Waals surface area contributed by atoms with Crippen LogP contribution in [0.1, 0.15) is 38.0 Å². The third-order valence-electron chi connectivity index (χ3n) is 4.09. The molecule has 1 aliphatic rings. The van der Waals surface area contributed by atoms with E-state index in [-0.39, 0.29) is 17.0 Å². The highest BCUT2D eigenvalue weighted by Crippen LogP contribution is 2.32. The van der Waals surface area contributed by atoms with Crippen molar-refractivity contribution in [3.05, 3.63) is 24.1 Å². The molecule has 0 spiro atoms. The lowest BCUT2D eigenvalue weighted by Crippen LogP contribution is -2.52. The van der Waals surface area contributed by atoms with Crippen molar-refractivity contribution >= 4 is 22.7 Å². The molecule has 1 aromatic heterocycles. The first kappa shape index (κ1) is 15.8. The molecule has 1 aliphatic carbocycles. The van der Waals surface area contributed by atoms with Gasteiger partial charge >= 0.3 is 12.1 Å². The number of nitrogens with one attached hydrogen (secondary N) is 1. The minimum atomic E-state index is -4.65. The Morgan fingerprint density at radius 2 is 1.96 bits per heavy atom. The van der Waals surface area contributed by atoms with Crippen LogP contribution in [0, 0.1) is 0 Å². The average molecular weight is 327 g/mol. The molecule has 8 heteroatoms. The minimum absolute atomic E-state index is 0.00968. The van der Waals surface area contributed by atoms with Crippen LogP contribution in [-0.2, 0) is 11.0 Å². The van der Waals surface area contributed by atoms with E-state index in [0.29, 0.717) is 18.5 Å². The first-order chi connectivity index (χ1) is 10.8. The summed E-state index contributed by atoms with van der Waals surface area (Å²) in [5, 5.41) is 2.67. The summed E-state index contributed by atoms with van der Waals surface area (Å²) in [7, 11) is 0. The number of anilines is 1. The summed E-state index contributed by atoms with van der Waals surface area (Å²) in [6.07, 6.45) is -0.613. The van der Waals surface area contributed by atoms with Crippen LogP contribution in [0.4, 0.5) is 18.9 Å². The molecular formula is C15H16F3N3O2. The number of amides is 1. The van der Waals surface area contributed by atoms with E-state index in [1.165, 1.54) is 18.2 Å². The van der Waals surface area contributed by atoms with Gasteiger partial charge in [0.25, 0.3) is 0 Å². The Labute approximate surface area is 130 Å². The van der Waals surface area contributed by atoms with Gasteiger partial charge in [-0.1, -0.05) is 19.3 Å². The highest BCUT2D eigenvalue weighted by atomic mass is 19.4. The minimum Gasteiger partial charge on any atom is -0.433 e. The first-order valence-corrected chi connectivity index (χ1v) is 7.36. The van der Waals surface area contributed by atoms with E-state index in [0.717, 1.165) is 19.3 Å². The molecule has 0 saturated heterocycles. The third-order valence-corrected chi connectivity index (χ3v) is 4.09. The summed E-state index contributed by atoms with van der Waals surface area (Å²) in [6.45, 7) is 0. The molecule has 1 amide bonds. The van der Waals surface area contributed by atoms with Crippen LogP contribution in [-0.4, -0.2) is 16.4 Å². The second-order valence-corrected chi connectivity index (χ2v) is 5.87. The van der Waals surface area contributed by atoms with Gasteiger partial charge in [-0.15, -0.1) is 0 Å². The molecule has 1 aromatic carbocycles. The number of aromatic nitrogens is 1. The number of hydrogen-bond acceptors (Lipinski definition) is 4. The molecular weight excluding hydrogens is 311 g/mol. The largest absolute Gasteiger partial charge is 0.468 e. The number of benzene rings is 1. The highest BCUT2D eigenvalue weighted by molar-refractivity contribution is 5.99. The number of oxazole rings is 1. The maximum atomic E-state index is 12.6. The number of nitrogens with zero attached hydrogens (tertiary/aromatic N) is 1.